The normalized spacial score (nSPS) is 9.19. The fourth-order valence-corrected chi connectivity index (χ4v) is 1.69. The zero-order valence-electron chi connectivity index (χ0n) is 9.44. The summed E-state index contributed by atoms with van der Waals surface area (Å²) in [4.78, 5) is 0. The third-order valence-electron chi connectivity index (χ3n) is 1.94. The Morgan fingerprint density at radius 1 is 0.875 bits per heavy atom. The summed E-state index contributed by atoms with van der Waals surface area (Å²) in [6.07, 6.45) is 0. The van der Waals surface area contributed by atoms with Gasteiger partial charge in [-0.2, -0.15) is 0 Å². The molecule has 0 radical (unpaired) electrons. The van der Waals surface area contributed by atoms with Crippen LogP contribution in [-0.4, -0.2) is 5.11 Å². The van der Waals surface area contributed by atoms with Gasteiger partial charge in [0.15, 0.2) is 0 Å². The Morgan fingerprint density at radius 2 is 1.38 bits per heavy atom. The predicted octanol–water partition coefficient (Wildman–Crippen LogP) is 4.35. The number of aromatic hydroxyl groups is 1. The van der Waals surface area contributed by atoms with E-state index >= 15 is 0 Å². The number of halogens is 1. The Bertz CT molecular complexity index is 387. The summed E-state index contributed by atoms with van der Waals surface area (Å²) in [5.41, 5.74) is 2.44. The Morgan fingerprint density at radius 3 is 1.69 bits per heavy atom. The van der Waals surface area contributed by atoms with Gasteiger partial charge < -0.3 is 5.11 Å². The number of phenolic OH excluding ortho intramolecular Hbond substituents is 1. The minimum absolute atomic E-state index is 0.322. The molecule has 0 aromatic heterocycles. The van der Waals surface area contributed by atoms with Crippen LogP contribution < -0.4 is 0 Å². The largest absolute Gasteiger partial charge is 0.508 e. The second-order valence-electron chi connectivity index (χ2n) is 3.64. The van der Waals surface area contributed by atoms with Crippen LogP contribution in [0.4, 0.5) is 0 Å². The highest BCUT2D eigenvalue weighted by molar-refractivity contribution is 6.30. The van der Waals surface area contributed by atoms with Gasteiger partial charge in [-0.25, -0.2) is 0 Å². The topological polar surface area (TPSA) is 20.2 Å². The second kappa shape index (κ2) is 6.19. The van der Waals surface area contributed by atoms with E-state index in [-0.39, 0.29) is 0 Å². The van der Waals surface area contributed by atoms with Crippen molar-refractivity contribution < 1.29 is 5.11 Å². The van der Waals surface area contributed by atoms with Gasteiger partial charge in [0.1, 0.15) is 5.75 Å². The van der Waals surface area contributed by atoms with E-state index in [1.807, 2.05) is 32.0 Å². The average Bonchev–Trinajstić information content (AvgIpc) is 2.17. The number of benzene rings is 2. The SMILES string of the molecule is Cc1cc(C)cc(Cl)c1.Oc1ccccc1. The quantitative estimate of drug-likeness (QED) is 0.719. The molecule has 0 bridgehead atoms. The van der Waals surface area contributed by atoms with Crippen LogP contribution >= 0.6 is 11.6 Å². The number of rotatable bonds is 0. The van der Waals surface area contributed by atoms with Gasteiger partial charge in [0.25, 0.3) is 0 Å². The molecule has 0 fully saturated rings. The summed E-state index contributed by atoms with van der Waals surface area (Å²) in [7, 11) is 0. The van der Waals surface area contributed by atoms with E-state index in [1.54, 1.807) is 24.3 Å². The maximum Gasteiger partial charge on any atom is 0.115 e. The molecule has 84 valence electrons. The van der Waals surface area contributed by atoms with Gasteiger partial charge in [-0.3, -0.25) is 0 Å². The first kappa shape index (κ1) is 12.6. The highest BCUT2D eigenvalue weighted by Gasteiger charge is 1.89. The molecule has 2 heteroatoms. The second-order valence-corrected chi connectivity index (χ2v) is 4.08. The molecular formula is C14H15ClO. The van der Waals surface area contributed by atoms with E-state index in [9.17, 15) is 0 Å². The monoisotopic (exact) mass is 234 g/mol. The maximum atomic E-state index is 8.63. The number of aryl methyl sites for hydroxylation is 2. The molecule has 0 atom stereocenters. The van der Waals surface area contributed by atoms with Gasteiger partial charge in [-0.1, -0.05) is 35.9 Å². The summed E-state index contributed by atoms with van der Waals surface area (Å²) >= 11 is 5.75. The first-order valence-corrected chi connectivity index (χ1v) is 5.43. The smallest absolute Gasteiger partial charge is 0.115 e. The van der Waals surface area contributed by atoms with Crippen molar-refractivity contribution in [3.05, 3.63) is 64.7 Å². The Balaban J connectivity index is 0.000000165. The highest BCUT2D eigenvalue weighted by atomic mass is 35.5. The third-order valence-corrected chi connectivity index (χ3v) is 2.16. The molecule has 1 nitrogen and oxygen atoms in total. The van der Waals surface area contributed by atoms with Crippen molar-refractivity contribution in [1.82, 2.24) is 0 Å². The summed E-state index contributed by atoms with van der Waals surface area (Å²) < 4.78 is 0. The van der Waals surface area contributed by atoms with Crippen LogP contribution in [0.15, 0.2) is 48.5 Å². The van der Waals surface area contributed by atoms with E-state index in [0.29, 0.717) is 5.75 Å². The molecule has 0 aliphatic rings. The number of hydrogen-bond acceptors (Lipinski definition) is 1. The lowest BCUT2D eigenvalue weighted by Gasteiger charge is -1.95. The molecule has 16 heavy (non-hydrogen) atoms. The van der Waals surface area contributed by atoms with Gasteiger partial charge in [-0.15, -0.1) is 0 Å². The zero-order chi connectivity index (χ0) is 12.0. The highest BCUT2D eigenvalue weighted by Crippen LogP contribution is 2.12. The van der Waals surface area contributed by atoms with Gasteiger partial charge in [0.05, 0.1) is 0 Å². The van der Waals surface area contributed by atoms with E-state index in [0.717, 1.165) is 5.02 Å². The summed E-state index contributed by atoms with van der Waals surface area (Å²) in [6.45, 7) is 4.08. The standard InChI is InChI=1S/C8H9Cl.C6H6O/c1-6-3-7(2)5-8(9)4-6;7-6-4-2-1-3-5-6/h3-5H,1-2H3;1-5,7H. The van der Waals surface area contributed by atoms with E-state index in [2.05, 4.69) is 6.07 Å². The Kier molecular flexibility index (Phi) is 4.87. The minimum atomic E-state index is 0.322. The average molecular weight is 235 g/mol. The minimum Gasteiger partial charge on any atom is -0.508 e. The summed E-state index contributed by atoms with van der Waals surface area (Å²) in [6, 6.07) is 14.7. The lowest BCUT2D eigenvalue weighted by atomic mass is 10.2. The molecule has 0 unspecified atom stereocenters. The molecule has 0 saturated heterocycles. The van der Waals surface area contributed by atoms with Crippen LogP contribution in [-0.2, 0) is 0 Å². The van der Waals surface area contributed by atoms with Crippen molar-refractivity contribution in [1.29, 1.82) is 0 Å². The zero-order valence-corrected chi connectivity index (χ0v) is 10.2. The molecule has 2 aromatic rings. The van der Waals surface area contributed by atoms with Gasteiger partial charge >= 0.3 is 0 Å². The van der Waals surface area contributed by atoms with Crippen molar-refractivity contribution in [3.8, 4) is 5.75 Å². The van der Waals surface area contributed by atoms with Crippen molar-refractivity contribution in [3.63, 3.8) is 0 Å². The van der Waals surface area contributed by atoms with Gasteiger partial charge in [-0.05, 0) is 49.2 Å². The van der Waals surface area contributed by atoms with Crippen molar-refractivity contribution in [2.75, 3.05) is 0 Å². The van der Waals surface area contributed by atoms with E-state index in [1.165, 1.54) is 11.1 Å². The summed E-state index contributed by atoms with van der Waals surface area (Å²) in [5.74, 6) is 0.322. The lowest BCUT2D eigenvalue weighted by molar-refractivity contribution is 0.475. The van der Waals surface area contributed by atoms with Crippen molar-refractivity contribution in [2.24, 2.45) is 0 Å². The van der Waals surface area contributed by atoms with Crippen LogP contribution in [0.2, 0.25) is 5.02 Å². The van der Waals surface area contributed by atoms with E-state index < -0.39 is 0 Å². The summed E-state index contributed by atoms with van der Waals surface area (Å²) in [5, 5.41) is 9.46. The van der Waals surface area contributed by atoms with Crippen LogP contribution in [0.25, 0.3) is 0 Å². The predicted molar refractivity (Wildman–Crippen MR) is 69.0 cm³/mol. The number of phenols is 1. The van der Waals surface area contributed by atoms with Gasteiger partial charge in [0.2, 0.25) is 0 Å². The molecule has 2 aromatic carbocycles. The molecule has 1 N–H and O–H groups in total. The molecule has 2 rings (SSSR count). The molecule has 0 saturated carbocycles. The maximum absolute atomic E-state index is 8.63. The Labute approximate surface area is 101 Å². The fourth-order valence-electron chi connectivity index (χ4n) is 1.35. The molecule has 0 aliphatic heterocycles. The molecule has 0 heterocycles. The van der Waals surface area contributed by atoms with Crippen molar-refractivity contribution >= 4 is 11.6 Å². The van der Waals surface area contributed by atoms with Crippen LogP contribution in [0.5, 0.6) is 5.75 Å². The first-order chi connectivity index (χ1) is 7.58. The van der Waals surface area contributed by atoms with Crippen LogP contribution in [0.1, 0.15) is 11.1 Å². The molecule has 0 spiro atoms. The molecule has 0 amide bonds. The van der Waals surface area contributed by atoms with Crippen LogP contribution in [0, 0.1) is 13.8 Å². The van der Waals surface area contributed by atoms with E-state index in [4.69, 9.17) is 16.7 Å². The van der Waals surface area contributed by atoms with Crippen LogP contribution in [0.3, 0.4) is 0 Å². The van der Waals surface area contributed by atoms with Gasteiger partial charge in [0, 0.05) is 5.02 Å². The number of para-hydroxylation sites is 1. The Hall–Kier alpha value is -1.47. The molecular weight excluding hydrogens is 220 g/mol. The lowest BCUT2D eigenvalue weighted by Crippen LogP contribution is -1.74. The fraction of sp³-hybridized carbons (Fsp3) is 0.143. The first-order valence-electron chi connectivity index (χ1n) is 5.06. The third kappa shape index (κ3) is 4.85. The number of hydrogen-bond donors (Lipinski definition) is 1. The van der Waals surface area contributed by atoms with Crippen molar-refractivity contribution in [2.45, 2.75) is 13.8 Å². The molecule has 0 aliphatic carbocycles.